The van der Waals surface area contributed by atoms with Crippen molar-refractivity contribution in [2.75, 3.05) is 30.9 Å². The molecule has 2 bridgehead atoms. The lowest BCUT2D eigenvalue weighted by molar-refractivity contribution is 0.0456. The number of aryl methyl sites for hydroxylation is 2. The molecule has 2 aliphatic carbocycles. The number of carbonyl (C=O) groups is 1. The number of ether oxygens (including phenoxy) is 1. The van der Waals surface area contributed by atoms with Crippen molar-refractivity contribution in [3.63, 3.8) is 0 Å². The fourth-order valence-electron chi connectivity index (χ4n) is 7.46. The van der Waals surface area contributed by atoms with E-state index in [1.54, 1.807) is 12.3 Å². The number of aliphatic hydroxyl groups is 1. The molecule has 1 N–H and O–H groups in total. The van der Waals surface area contributed by atoms with Crippen LogP contribution in [0.5, 0.6) is 5.75 Å². The number of rotatable bonds is 0. The van der Waals surface area contributed by atoms with E-state index in [2.05, 4.69) is 34.4 Å². The molecule has 0 aromatic heterocycles. The molecule has 0 radical (unpaired) electrons. The van der Waals surface area contributed by atoms with Crippen LogP contribution >= 0.6 is 0 Å². The van der Waals surface area contributed by atoms with Gasteiger partial charge in [-0.15, -0.1) is 0 Å². The average molecular weight is 577 g/mol. The second kappa shape index (κ2) is 10.9. The lowest BCUT2D eigenvalue weighted by Gasteiger charge is -2.45. The smallest absolute Gasteiger partial charge is 0.285 e. The molecule has 1 amide bonds. The quantitative estimate of drug-likeness (QED) is 0.385. The van der Waals surface area contributed by atoms with Crippen molar-refractivity contribution in [1.29, 1.82) is 0 Å². The molecule has 1 saturated carbocycles. The Balaban J connectivity index is 1.45. The first kappa shape index (κ1) is 28.5. The molecule has 1 spiro atoms. The van der Waals surface area contributed by atoms with Gasteiger partial charge in [-0.2, -0.15) is 4.36 Å². The van der Waals surface area contributed by atoms with Gasteiger partial charge in [0.2, 0.25) is 0 Å². The Morgan fingerprint density at radius 3 is 2.76 bits per heavy atom. The van der Waals surface area contributed by atoms with Crippen molar-refractivity contribution in [3.8, 4) is 5.75 Å². The van der Waals surface area contributed by atoms with Crippen molar-refractivity contribution in [3.05, 3.63) is 70.8 Å². The molecule has 6 rings (SSSR count). The Hall–Kier alpha value is -2.64. The highest BCUT2D eigenvalue weighted by atomic mass is 32.2. The van der Waals surface area contributed by atoms with E-state index in [0.29, 0.717) is 24.5 Å². The maximum Gasteiger partial charge on any atom is 0.285 e. The van der Waals surface area contributed by atoms with Crippen molar-refractivity contribution in [2.24, 2.45) is 22.1 Å². The molecule has 2 aliphatic heterocycles. The lowest BCUT2D eigenvalue weighted by atomic mass is 9.68. The van der Waals surface area contributed by atoms with E-state index in [1.807, 2.05) is 38.1 Å². The van der Waals surface area contributed by atoms with Gasteiger partial charge in [-0.3, -0.25) is 4.79 Å². The van der Waals surface area contributed by atoms with Gasteiger partial charge in [0.15, 0.2) is 0 Å². The van der Waals surface area contributed by atoms with Crippen LogP contribution in [0.4, 0.5) is 5.69 Å². The molecule has 7 heteroatoms. The summed E-state index contributed by atoms with van der Waals surface area (Å²) in [7, 11) is -2.77. The third-order valence-electron chi connectivity index (χ3n) is 10.4. The SMILES string of the molecule is Cc1ccc2c(c1)CCC[C@]21COc2ccc3cc2N(C[C@@H]2CC[C@H]2[C@@H](O)/C=C/C[C@H](C)[C@@H](C)[S@](C)(=O)=NC3=O)C1. The number of fused-ring (bicyclic) bond motifs is 4. The maximum atomic E-state index is 13.6. The molecule has 2 heterocycles. The largest absolute Gasteiger partial charge is 0.490 e. The molecular weight excluding hydrogens is 532 g/mol. The number of allylic oxidation sites excluding steroid dienone is 1. The Morgan fingerprint density at radius 1 is 1.15 bits per heavy atom. The highest BCUT2D eigenvalue weighted by molar-refractivity contribution is 7.93. The zero-order valence-electron chi connectivity index (χ0n) is 24.8. The standard InChI is InChI=1S/C34H44N2O4S/c1-22-10-14-29-25(17-22)8-6-16-34(29)20-36-19-27-11-13-28(27)31(37)9-5-7-23(2)24(3)41(4,39)35-33(38)26-12-15-32(40-21-34)30(36)18-26/h5,9-10,12,14-15,17-18,23-24,27-28,31,37H,6-8,11,13,16,19-21H2,1-4H3/b9-5+/t23-,24+,27-,28+,31-,34-,41-/m0/s1. The number of anilines is 1. The van der Waals surface area contributed by atoms with Crippen molar-refractivity contribution >= 4 is 21.3 Å². The number of carbonyl (C=O) groups excluding carboxylic acids is 1. The van der Waals surface area contributed by atoms with Gasteiger partial charge in [0.05, 0.1) is 28.1 Å². The summed E-state index contributed by atoms with van der Waals surface area (Å²) in [5, 5.41) is 10.9. The highest BCUT2D eigenvalue weighted by Gasteiger charge is 2.44. The number of hydrogen-bond donors (Lipinski definition) is 1. The Kier molecular flexibility index (Phi) is 7.56. The number of benzene rings is 2. The molecule has 2 aromatic rings. The number of nitrogens with zero attached hydrogens (tertiary/aromatic N) is 2. The monoisotopic (exact) mass is 576 g/mol. The summed E-state index contributed by atoms with van der Waals surface area (Å²) in [5.74, 6) is 0.950. The molecule has 2 aromatic carbocycles. The first-order chi connectivity index (χ1) is 19.6. The Morgan fingerprint density at radius 2 is 1.98 bits per heavy atom. The second-order valence-corrected chi connectivity index (χ2v) is 15.9. The normalized spacial score (nSPS) is 36.2. The summed E-state index contributed by atoms with van der Waals surface area (Å²) in [6.45, 7) is 8.28. The zero-order chi connectivity index (χ0) is 28.9. The second-order valence-electron chi connectivity index (χ2n) is 13.2. The molecule has 220 valence electrons. The number of hydrogen-bond acceptors (Lipinski definition) is 5. The summed E-state index contributed by atoms with van der Waals surface area (Å²) in [5.41, 5.74) is 5.26. The fraction of sp³-hybridized carbons (Fsp3) is 0.559. The van der Waals surface area contributed by atoms with Gasteiger partial charge in [0.25, 0.3) is 5.91 Å². The van der Waals surface area contributed by atoms with Crippen LogP contribution in [0, 0.1) is 24.7 Å². The minimum atomic E-state index is -2.77. The molecule has 0 unspecified atom stereocenters. The first-order valence-electron chi connectivity index (χ1n) is 15.3. The van der Waals surface area contributed by atoms with Crippen molar-refractivity contribution in [1.82, 2.24) is 0 Å². The van der Waals surface area contributed by atoms with Crippen LogP contribution in [0.25, 0.3) is 0 Å². The van der Waals surface area contributed by atoms with E-state index >= 15 is 0 Å². The van der Waals surface area contributed by atoms with Crippen LogP contribution in [0.15, 0.2) is 52.9 Å². The van der Waals surface area contributed by atoms with Crippen molar-refractivity contribution < 1.29 is 18.8 Å². The van der Waals surface area contributed by atoms with Crippen LogP contribution in [-0.4, -0.2) is 52.5 Å². The summed E-state index contributed by atoms with van der Waals surface area (Å²) in [6.07, 6.45) is 11.1. The van der Waals surface area contributed by atoms with Gasteiger partial charge >= 0.3 is 0 Å². The predicted octanol–water partition coefficient (Wildman–Crippen LogP) is 6.08. The first-order valence-corrected chi connectivity index (χ1v) is 17.3. The highest BCUT2D eigenvalue weighted by Crippen LogP contribution is 2.46. The van der Waals surface area contributed by atoms with E-state index in [9.17, 15) is 14.1 Å². The minimum absolute atomic E-state index is 0.0619. The van der Waals surface area contributed by atoms with E-state index in [4.69, 9.17) is 4.74 Å². The van der Waals surface area contributed by atoms with Crippen LogP contribution < -0.4 is 9.64 Å². The summed E-state index contributed by atoms with van der Waals surface area (Å²) >= 11 is 0. The van der Waals surface area contributed by atoms with Gasteiger partial charge in [-0.25, -0.2) is 4.21 Å². The van der Waals surface area contributed by atoms with Crippen LogP contribution in [0.3, 0.4) is 0 Å². The maximum absolute atomic E-state index is 13.6. The third-order valence-corrected chi connectivity index (χ3v) is 12.8. The molecule has 1 fully saturated rings. The van der Waals surface area contributed by atoms with Gasteiger partial charge in [0.1, 0.15) is 5.75 Å². The number of aliphatic hydroxyl groups excluding tert-OH is 1. The topological polar surface area (TPSA) is 79.2 Å². The molecule has 7 atom stereocenters. The van der Waals surface area contributed by atoms with E-state index in [0.717, 1.165) is 56.6 Å². The van der Waals surface area contributed by atoms with E-state index < -0.39 is 21.7 Å². The van der Waals surface area contributed by atoms with E-state index in [-0.39, 0.29) is 22.5 Å². The molecule has 0 saturated heterocycles. The summed E-state index contributed by atoms with van der Waals surface area (Å²) in [6, 6.07) is 12.4. The summed E-state index contributed by atoms with van der Waals surface area (Å²) < 4.78 is 24.5. The van der Waals surface area contributed by atoms with Gasteiger partial charge in [0, 0.05) is 35.6 Å². The summed E-state index contributed by atoms with van der Waals surface area (Å²) in [4.78, 5) is 15.9. The average Bonchev–Trinajstić information content (AvgIpc) is 3.06. The van der Waals surface area contributed by atoms with E-state index in [1.165, 1.54) is 16.7 Å². The lowest BCUT2D eigenvalue weighted by Crippen LogP contribution is -2.49. The minimum Gasteiger partial charge on any atom is -0.490 e. The van der Waals surface area contributed by atoms with Gasteiger partial charge in [-0.05, 0) is 99.5 Å². The third kappa shape index (κ3) is 5.36. The predicted molar refractivity (Wildman–Crippen MR) is 165 cm³/mol. The van der Waals surface area contributed by atoms with Crippen LogP contribution in [0.2, 0.25) is 0 Å². The van der Waals surface area contributed by atoms with Crippen molar-refractivity contribution in [2.45, 2.75) is 76.1 Å². The fourth-order valence-corrected chi connectivity index (χ4v) is 9.03. The molecule has 41 heavy (non-hydrogen) atoms. The van der Waals surface area contributed by atoms with Gasteiger partial charge in [-0.1, -0.05) is 42.8 Å². The molecular formula is C34H44N2O4S. The molecule has 6 nitrogen and oxygen atoms in total. The zero-order valence-corrected chi connectivity index (χ0v) is 25.7. The van der Waals surface area contributed by atoms with Crippen LogP contribution in [0.1, 0.15) is 73.0 Å². The van der Waals surface area contributed by atoms with Crippen LogP contribution in [-0.2, 0) is 21.6 Å². The Bertz CT molecular complexity index is 1490. The number of amides is 1. The molecule has 4 aliphatic rings. The van der Waals surface area contributed by atoms with Gasteiger partial charge < -0.3 is 14.7 Å². The Labute approximate surface area is 245 Å².